The van der Waals surface area contributed by atoms with Crippen LogP contribution in [0, 0.1) is 0 Å². The second-order valence-corrected chi connectivity index (χ2v) is 5.51. The number of fused-ring (bicyclic) bond motifs is 1. The van der Waals surface area contributed by atoms with Gasteiger partial charge in [-0.25, -0.2) is 0 Å². The predicted molar refractivity (Wildman–Crippen MR) is 76.5 cm³/mol. The molecule has 3 rings (SSSR count). The monoisotopic (exact) mass is 273 g/mol. The molecule has 1 unspecified atom stereocenters. The van der Waals surface area contributed by atoms with Crippen LogP contribution in [0.25, 0.3) is 0 Å². The van der Waals surface area contributed by atoms with Gasteiger partial charge >= 0.3 is 0 Å². The number of nitrogens with one attached hydrogen (secondary N) is 1. The number of para-hydroxylation sites is 1. The predicted octanol–water partition coefficient (Wildman–Crippen LogP) is 0.396. The number of piperazine rings is 1. The lowest BCUT2D eigenvalue weighted by molar-refractivity contribution is -0.126. The third-order valence-corrected chi connectivity index (χ3v) is 3.95. The number of hydrogen-bond donors (Lipinski definition) is 1. The Bertz CT molecular complexity index is 544. The van der Waals surface area contributed by atoms with Crippen LogP contribution in [0.5, 0.6) is 0 Å². The number of benzene rings is 1. The van der Waals surface area contributed by atoms with E-state index in [1.54, 1.807) is 0 Å². The van der Waals surface area contributed by atoms with Crippen LogP contribution in [-0.2, 0) is 16.0 Å². The summed E-state index contributed by atoms with van der Waals surface area (Å²) in [5, 5.41) is 2.77. The van der Waals surface area contributed by atoms with Crippen molar-refractivity contribution in [1.82, 2.24) is 10.2 Å². The first kappa shape index (κ1) is 13.1. The SMILES string of the molecule is CC1Cc2ccccc2N1C(=O)CN1CCNC(=O)C1. The van der Waals surface area contributed by atoms with E-state index < -0.39 is 0 Å². The van der Waals surface area contributed by atoms with E-state index in [0.29, 0.717) is 19.6 Å². The zero-order valence-electron chi connectivity index (χ0n) is 11.6. The minimum absolute atomic E-state index is 0.000999. The van der Waals surface area contributed by atoms with Gasteiger partial charge in [-0.05, 0) is 25.0 Å². The lowest BCUT2D eigenvalue weighted by Gasteiger charge is -2.29. The zero-order valence-corrected chi connectivity index (χ0v) is 11.6. The van der Waals surface area contributed by atoms with E-state index in [-0.39, 0.29) is 17.9 Å². The second kappa shape index (κ2) is 5.25. The summed E-state index contributed by atoms with van der Waals surface area (Å²) < 4.78 is 0. The molecule has 2 aliphatic heterocycles. The first-order valence-corrected chi connectivity index (χ1v) is 7.04. The standard InChI is InChI=1S/C15H19N3O2/c1-11-8-12-4-2-3-5-13(12)18(11)15(20)10-17-7-6-16-14(19)9-17/h2-5,11H,6-10H2,1H3,(H,16,19). The average Bonchev–Trinajstić information content (AvgIpc) is 2.74. The number of anilines is 1. The first-order chi connectivity index (χ1) is 9.65. The molecule has 2 aliphatic rings. The van der Waals surface area contributed by atoms with Crippen LogP contribution in [-0.4, -0.2) is 48.9 Å². The van der Waals surface area contributed by atoms with Gasteiger partial charge in [-0.3, -0.25) is 14.5 Å². The van der Waals surface area contributed by atoms with Gasteiger partial charge in [0.15, 0.2) is 0 Å². The van der Waals surface area contributed by atoms with Gasteiger partial charge in [0, 0.05) is 24.8 Å². The van der Waals surface area contributed by atoms with E-state index >= 15 is 0 Å². The average molecular weight is 273 g/mol. The number of amides is 2. The Morgan fingerprint density at radius 1 is 1.40 bits per heavy atom. The Hall–Kier alpha value is -1.88. The van der Waals surface area contributed by atoms with Crippen LogP contribution in [0.3, 0.4) is 0 Å². The Kier molecular flexibility index (Phi) is 3.44. The quantitative estimate of drug-likeness (QED) is 0.848. The van der Waals surface area contributed by atoms with Crippen LogP contribution in [0.2, 0.25) is 0 Å². The van der Waals surface area contributed by atoms with Crippen molar-refractivity contribution >= 4 is 17.5 Å². The summed E-state index contributed by atoms with van der Waals surface area (Å²) in [5.74, 6) is 0.0797. The summed E-state index contributed by atoms with van der Waals surface area (Å²) in [7, 11) is 0. The van der Waals surface area contributed by atoms with Gasteiger partial charge < -0.3 is 10.2 Å². The van der Waals surface area contributed by atoms with Gasteiger partial charge in [-0.1, -0.05) is 18.2 Å². The lowest BCUT2D eigenvalue weighted by Crippen LogP contribution is -2.51. The fourth-order valence-corrected chi connectivity index (χ4v) is 3.04. The lowest BCUT2D eigenvalue weighted by atomic mass is 10.1. The van der Waals surface area contributed by atoms with Crippen molar-refractivity contribution in [3.63, 3.8) is 0 Å². The third kappa shape index (κ3) is 2.41. The van der Waals surface area contributed by atoms with Crippen molar-refractivity contribution in [3.05, 3.63) is 29.8 Å². The zero-order chi connectivity index (χ0) is 14.1. The molecule has 1 N–H and O–H groups in total. The number of hydrogen-bond acceptors (Lipinski definition) is 3. The van der Waals surface area contributed by atoms with Crippen LogP contribution in [0.1, 0.15) is 12.5 Å². The van der Waals surface area contributed by atoms with E-state index in [4.69, 9.17) is 0 Å². The largest absolute Gasteiger partial charge is 0.354 e. The van der Waals surface area contributed by atoms with Crippen molar-refractivity contribution in [1.29, 1.82) is 0 Å². The van der Waals surface area contributed by atoms with Crippen LogP contribution >= 0.6 is 0 Å². The van der Waals surface area contributed by atoms with Gasteiger partial charge in [-0.15, -0.1) is 0 Å². The molecule has 5 heteroatoms. The molecule has 1 aromatic carbocycles. The number of carbonyl (C=O) groups is 2. The summed E-state index contributed by atoms with van der Waals surface area (Å²) in [5.41, 5.74) is 2.25. The molecule has 5 nitrogen and oxygen atoms in total. The third-order valence-electron chi connectivity index (χ3n) is 3.95. The Morgan fingerprint density at radius 3 is 3.00 bits per heavy atom. The van der Waals surface area contributed by atoms with E-state index in [1.807, 2.05) is 28.0 Å². The smallest absolute Gasteiger partial charge is 0.241 e. The fourth-order valence-electron chi connectivity index (χ4n) is 3.04. The molecule has 106 valence electrons. The molecule has 0 bridgehead atoms. The topological polar surface area (TPSA) is 52.7 Å². The van der Waals surface area contributed by atoms with Gasteiger partial charge in [0.2, 0.25) is 11.8 Å². The highest BCUT2D eigenvalue weighted by Gasteiger charge is 2.31. The molecule has 0 aliphatic carbocycles. The van der Waals surface area contributed by atoms with Crippen LogP contribution < -0.4 is 10.2 Å². The molecule has 0 radical (unpaired) electrons. The molecule has 1 aromatic rings. The van der Waals surface area contributed by atoms with Gasteiger partial charge in [-0.2, -0.15) is 0 Å². The van der Waals surface area contributed by atoms with E-state index in [1.165, 1.54) is 5.56 Å². The van der Waals surface area contributed by atoms with Crippen LogP contribution in [0.4, 0.5) is 5.69 Å². The molecule has 1 fully saturated rings. The summed E-state index contributed by atoms with van der Waals surface area (Å²) >= 11 is 0. The molecule has 2 heterocycles. The normalized spacial score (nSPS) is 22.6. The Morgan fingerprint density at radius 2 is 2.20 bits per heavy atom. The van der Waals surface area contributed by atoms with E-state index in [0.717, 1.165) is 18.7 Å². The molecule has 0 aromatic heterocycles. The highest BCUT2D eigenvalue weighted by atomic mass is 16.2. The van der Waals surface area contributed by atoms with Crippen molar-refractivity contribution in [2.24, 2.45) is 0 Å². The maximum absolute atomic E-state index is 12.5. The minimum Gasteiger partial charge on any atom is -0.354 e. The van der Waals surface area contributed by atoms with Gasteiger partial charge in [0.1, 0.15) is 0 Å². The molecule has 0 spiro atoms. The maximum atomic E-state index is 12.5. The molecule has 1 saturated heterocycles. The van der Waals surface area contributed by atoms with Gasteiger partial charge in [0.25, 0.3) is 0 Å². The van der Waals surface area contributed by atoms with E-state index in [9.17, 15) is 9.59 Å². The summed E-state index contributed by atoms with van der Waals surface area (Å²) in [4.78, 5) is 27.7. The molecular weight excluding hydrogens is 254 g/mol. The Labute approximate surface area is 118 Å². The Balaban J connectivity index is 1.72. The number of carbonyl (C=O) groups excluding carboxylic acids is 2. The molecule has 1 atom stereocenters. The number of nitrogens with zero attached hydrogens (tertiary/aromatic N) is 2. The highest BCUT2D eigenvalue weighted by molar-refractivity contribution is 5.97. The van der Waals surface area contributed by atoms with Crippen molar-refractivity contribution in [2.75, 3.05) is 31.1 Å². The van der Waals surface area contributed by atoms with E-state index in [2.05, 4.69) is 18.3 Å². The van der Waals surface area contributed by atoms with Crippen molar-refractivity contribution < 1.29 is 9.59 Å². The molecule has 20 heavy (non-hydrogen) atoms. The first-order valence-electron chi connectivity index (χ1n) is 7.04. The molecule has 0 saturated carbocycles. The molecule has 2 amide bonds. The summed E-state index contributed by atoms with van der Waals surface area (Å²) in [6.07, 6.45) is 0.905. The second-order valence-electron chi connectivity index (χ2n) is 5.51. The summed E-state index contributed by atoms with van der Waals surface area (Å²) in [6, 6.07) is 8.24. The minimum atomic E-state index is -0.000999. The van der Waals surface area contributed by atoms with Crippen molar-refractivity contribution in [2.45, 2.75) is 19.4 Å². The summed E-state index contributed by atoms with van der Waals surface area (Å²) in [6.45, 7) is 4.06. The maximum Gasteiger partial charge on any atom is 0.241 e. The number of rotatable bonds is 2. The fraction of sp³-hybridized carbons (Fsp3) is 0.467. The van der Waals surface area contributed by atoms with Crippen molar-refractivity contribution in [3.8, 4) is 0 Å². The van der Waals surface area contributed by atoms with Crippen LogP contribution in [0.15, 0.2) is 24.3 Å². The molecular formula is C15H19N3O2. The van der Waals surface area contributed by atoms with Gasteiger partial charge in [0.05, 0.1) is 13.1 Å². The highest BCUT2D eigenvalue weighted by Crippen LogP contribution is 2.31.